The lowest BCUT2D eigenvalue weighted by Crippen LogP contribution is -2.23. The zero-order chi connectivity index (χ0) is 23.9. The van der Waals surface area contributed by atoms with Crippen LogP contribution in [0.15, 0.2) is 83.8 Å². The Hall–Kier alpha value is -3.37. The summed E-state index contributed by atoms with van der Waals surface area (Å²) < 4.78 is 68.3. The minimum Gasteiger partial charge on any atom is -0.367 e. The van der Waals surface area contributed by atoms with Crippen molar-refractivity contribution in [3.05, 3.63) is 95.6 Å². The third-order valence-electron chi connectivity index (χ3n) is 4.44. The van der Waals surface area contributed by atoms with Crippen molar-refractivity contribution in [2.75, 3.05) is 11.3 Å². The molecule has 0 aliphatic heterocycles. The average molecular weight is 478 g/mol. The highest BCUT2D eigenvalue weighted by atomic mass is 32.2. The van der Waals surface area contributed by atoms with Crippen LogP contribution in [0.3, 0.4) is 0 Å². The summed E-state index contributed by atoms with van der Waals surface area (Å²) in [6.45, 7) is -1.30. The zero-order valence-electron chi connectivity index (χ0n) is 17.3. The maximum atomic E-state index is 12.5. The van der Waals surface area contributed by atoms with Crippen LogP contribution in [-0.4, -0.2) is 27.1 Å². The molecule has 3 aromatic rings. The van der Waals surface area contributed by atoms with Crippen molar-refractivity contribution >= 4 is 21.6 Å². The topological polar surface area (TPSA) is 84.5 Å². The first kappa shape index (κ1) is 24.3. The molecule has 1 amide bonds. The van der Waals surface area contributed by atoms with Gasteiger partial charge in [0.15, 0.2) is 0 Å². The third kappa shape index (κ3) is 7.62. The molecule has 0 aliphatic rings. The highest BCUT2D eigenvalue weighted by Gasteiger charge is 2.27. The largest absolute Gasteiger partial charge is 0.411 e. The van der Waals surface area contributed by atoms with Crippen LogP contribution in [0.2, 0.25) is 0 Å². The van der Waals surface area contributed by atoms with Gasteiger partial charge in [0, 0.05) is 17.8 Å². The second kappa shape index (κ2) is 10.5. The molecule has 0 unspecified atom stereocenters. The van der Waals surface area contributed by atoms with Crippen molar-refractivity contribution < 1.29 is 31.1 Å². The normalized spacial score (nSPS) is 11.7. The molecule has 0 aliphatic carbocycles. The fraction of sp³-hybridized carbons (Fsp3) is 0.174. The van der Waals surface area contributed by atoms with E-state index in [4.69, 9.17) is 0 Å². The van der Waals surface area contributed by atoms with Crippen LogP contribution in [0.1, 0.15) is 21.5 Å². The molecule has 33 heavy (non-hydrogen) atoms. The van der Waals surface area contributed by atoms with Gasteiger partial charge in [-0.2, -0.15) is 13.2 Å². The van der Waals surface area contributed by atoms with Gasteiger partial charge >= 0.3 is 6.18 Å². The second-order valence-corrected chi connectivity index (χ2v) is 8.79. The van der Waals surface area contributed by atoms with Gasteiger partial charge in [-0.15, -0.1) is 0 Å². The van der Waals surface area contributed by atoms with Gasteiger partial charge < -0.3 is 10.1 Å². The predicted octanol–water partition coefficient (Wildman–Crippen LogP) is 4.50. The minimum atomic E-state index is -4.37. The monoisotopic (exact) mass is 478 g/mol. The third-order valence-corrected chi connectivity index (χ3v) is 5.84. The number of benzene rings is 3. The van der Waals surface area contributed by atoms with Gasteiger partial charge in [0.25, 0.3) is 15.9 Å². The Morgan fingerprint density at radius 1 is 0.879 bits per heavy atom. The van der Waals surface area contributed by atoms with E-state index in [1.54, 1.807) is 54.6 Å². The Morgan fingerprint density at radius 2 is 1.55 bits per heavy atom. The molecule has 3 aromatic carbocycles. The minimum absolute atomic E-state index is 0.104. The molecule has 0 saturated carbocycles. The van der Waals surface area contributed by atoms with Crippen LogP contribution in [0.4, 0.5) is 18.9 Å². The number of amides is 1. The predicted molar refractivity (Wildman–Crippen MR) is 117 cm³/mol. The number of carbonyl (C=O) groups excluding carboxylic acids is 1. The van der Waals surface area contributed by atoms with E-state index in [1.807, 2.05) is 0 Å². The van der Waals surface area contributed by atoms with Crippen LogP contribution < -0.4 is 10.0 Å². The van der Waals surface area contributed by atoms with Gasteiger partial charge in [-0.25, -0.2) is 8.42 Å². The number of sulfonamides is 1. The molecule has 0 bridgehead atoms. The summed E-state index contributed by atoms with van der Waals surface area (Å²) in [5, 5.41) is 2.72. The molecule has 0 radical (unpaired) electrons. The highest BCUT2D eigenvalue weighted by Crippen LogP contribution is 2.18. The van der Waals surface area contributed by atoms with Crippen LogP contribution in [0.5, 0.6) is 0 Å². The Bertz CT molecular complexity index is 1180. The lowest BCUT2D eigenvalue weighted by molar-refractivity contribution is -0.176. The highest BCUT2D eigenvalue weighted by molar-refractivity contribution is 7.92. The molecule has 0 saturated heterocycles. The van der Waals surface area contributed by atoms with E-state index in [2.05, 4.69) is 14.8 Å². The molecule has 3 rings (SSSR count). The molecule has 0 atom stereocenters. The molecule has 10 heteroatoms. The number of ether oxygens (including phenoxy) is 1. The maximum Gasteiger partial charge on any atom is 0.411 e. The molecule has 6 nitrogen and oxygen atoms in total. The van der Waals surface area contributed by atoms with Crippen molar-refractivity contribution in [2.45, 2.75) is 24.2 Å². The lowest BCUT2D eigenvalue weighted by atomic mass is 10.1. The fourth-order valence-corrected chi connectivity index (χ4v) is 3.93. The SMILES string of the molecule is O=C(NCc1ccc(COCC(F)(F)F)cc1)c1cccc(NS(=O)(=O)c2ccccc2)c1. The standard InChI is InChI=1S/C23H21F3N2O4S/c24-23(25,26)16-32-15-18-11-9-17(10-12-18)14-27-22(29)19-5-4-6-20(13-19)28-33(30,31)21-7-2-1-3-8-21/h1-13,28H,14-16H2,(H,27,29). The fourth-order valence-electron chi connectivity index (χ4n) is 2.86. The Morgan fingerprint density at radius 3 is 2.21 bits per heavy atom. The van der Waals surface area contributed by atoms with E-state index < -0.39 is 28.7 Å². The van der Waals surface area contributed by atoms with E-state index >= 15 is 0 Å². The maximum absolute atomic E-state index is 12.5. The van der Waals surface area contributed by atoms with Crippen molar-refractivity contribution in [3.63, 3.8) is 0 Å². The van der Waals surface area contributed by atoms with Crippen molar-refractivity contribution in [1.29, 1.82) is 0 Å². The van der Waals surface area contributed by atoms with E-state index in [1.165, 1.54) is 24.3 Å². The van der Waals surface area contributed by atoms with Gasteiger partial charge in [-0.1, -0.05) is 48.5 Å². The molecule has 0 spiro atoms. The number of hydrogen-bond acceptors (Lipinski definition) is 4. The summed E-state index contributed by atoms with van der Waals surface area (Å²) in [4.78, 5) is 12.6. The van der Waals surface area contributed by atoms with Gasteiger partial charge in [0.05, 0.1) is 11.5 Å². The van der Waals surface area contributed by atoms with Crippen molar-refractivity contribution in [2.24, 2.45) is 0 Å². The number of alkyl halides is 3. The number of anilines is 1. The Labute approximate surface area is 189 Å². The number of hydrogen-bond donors (Lipinski definition) is 2. The smallest absolute Gasteiger partial charge is 0.367 e. The molecule has 0 fully saturated rings. The number of rotatable bonds is 9. The van der Waals surface area contributed by atoms with Gasteiger partial charge in [-0.3, -0.25) is 9.52 Å². The first-order chi connectivity index (χ1) is 15.6. The number of nitrogens with one attached hydrogen (secondary N) is 2. The summed E-state index contributed by atoms with van der Waals surface area (Å²) in [5.74, 6) is -0.409. The summed E-state index contributed by atoms with van der Waals surface area (Å²) in [7, 11) is -3.78. The van der Waals surface area contributed by atoms with Gasteiger partial charge in [0.1, 0.15) is 6.61 Å². The van der Waals surface area contributed by atoms with E-state index in [0.717, 1.165) is 5.56 Å². The average Bonchev–Trinajstić information content (AvgIpc) is 2.78. The zero-order valence-corrected chi connectivity index (χ0v) is 18.1. The van der Waals surface area contributed by atoms with Gasteiger partial charge in [-0.05, 0) is 41.5 Å². The summed E-state index contributed by atoms with van der Waals surface area (Å²) in [6.07, 6.45) is -4.37. The number of carbonyl (C=O) groups is 1. The first-order valence-corrected chi connectivity index (χ1v) is 11.3. The van der Waals surface area contributed by atoms with Crippen molar-refractivity contribution in [3.8, 4) is 0 Å². The van der Waals surface area contributed by atoms with Crippen LogP contribution in [0.25, 0.3) is 0 Å². The second-order valence-electron chi connectivity index (χ2n) is 7.11. The van der Waals surface area contributed by atoms with E-state index in [9.17, 15) is 26.4 Å². The summed E-state index contributed by atoms with van der Waals surface area (Å²) in [6, 6.07) is 20.5. The molecule has 2 N–H and O–H groups in total. The first-order valence-electron chi connectivity index (χ1n) is 9.81. The molecular weight excluding hydrogens is 457 g/mol. The van der Waals surface area contributed by atoms with Crippen LogP contribution >= 0.6 is 0 Å². The molecule has 0 aromatic heterocycles. The van der Waals surface area contributed by atoms with Crippen LogP contribution in [0, 0.1) is 0 Å². The Kier molecular flexibility index (Phi) is 7.72. The van der Waals surface area contributed by atoms with Crippen molar-refractivity contribution in [1.82, 2.24) is 5.32 Å². The molecular formula is C23H21F3N2O4S. The molecule has 174 valence electrons. The Balaban J connectivity index is 1.56. The molecule has 0 heterocycles. The lowest BCUT2D eigenvalue weighted by Gasteiger charge is -2.11. The van der Waals surface area contributed by atoms with Gasteiger partial charge in [0.2, 0.25) is 0 Å². The summed E-state index contributed by atoms with van der Waals surface area (Å²) in [5.41, 5.74) is 1.83. The quantitative estimate of drug-likeness (QED) is 0.475. The number of halogens is 3. The summed E-state index contributed by atoms with van der Waals surface area (Å²) >= 11 is 0. The van der Waals surface area contributed by atoms with E-state index in [-0.39, 0.29) is 29.3 Å². The van der Waals surface area contributed by atoms with E-state index in [0.29, 0.717) is 5.56 Å². The van der Waals surface area contributed by atoms with Crippen LogP contribution in [-0.2, 0) is 27.9 Å².